The minimum atomic E-state index is -0.247. The van der Waals surface area contributed by atoms with Gasteiger partial charge in [-0.25, -0.2) is 9.97 Å². The highest BCUT2D eigenvalue weighted by molar-refractivity contribution is 5.92. The molecule has 2 aromatic rings. The predicted molar refractivity (Wildman–Crippen MR) is 85.4 cm³/mol. The smallest absolute Gasteiger partial charge is 0.270 e. The maximum absolute atomic E-state index is 11.9. The van der Waals surface area contributed by atoms with E-state index in [1.54, 1.807) is 13.2 Å². The monoisotopic (exact) mass is 300 g/mol. The fraction of sp³-hybridized carbons (Fsp3) is 0.312. The van der Waals surface area contributed by atoms with E-state index in [-0.39, 0.29) is 5.91 Å². The molecule has 1 aromatic heterocycles. The summed E-state index contributed by atoms with van der Waals surface area (Å²) in [6, 6.07) is 7.76. The van der Waals surface area contributed by atoms with Gasteiger partial charge in [0.05, 0.1) is 6.61 Å². The van der Waals surface area contributed by atoms with Crippen LogP contribution in [0, 0.1) is 13.8 Å². The molecule has 116 valence electrons. The third-order valence-corrected chi connectivity index (χ3v) is 2.99. The Balaban J connectivity index is 2.09. The summed E-state index contributed by atoms with van der Waals surface area (Å²) in [5.74, 6) is 0.333. The van der Waals surface area contributed by atoms with E-state index in [4.69, 9.17) is 4.74 Å². The Bertz CT molecular complexity index is 638. The van der Waals surface area contributed by atoms with Crippen LogP contribution in [-0.4, -0.2) is 36.1 Å². The zero-order chi connectivity index (χ0) is 15.9. The van der Waals surface area contributed by atoms with E-state index in [9.17, 15) is 4.79 Å². The number of carbonyl (C=O) groups excluding carboxylic acids is 1. The molecule has 22 heavy (non-hydrogen) atoms. The lowest BCUT2D eigenvalue weighted by atomic mass is 10.1. The molecule has 0 atom stereocenters. The first-order valence-electron chi connectivity index (χ1n) is 7.03. The van der Waals surface area contributed by atoms with Crippen molar-refractivity contribution in [2.75, 3.05) is 25.6 Å². The van der Waals surface area contributed by atoms with Crippen molar-refractivity contribution in [2.45, 2.75) is 13.8 Å². The van der Waals surface area contributed by atoms with Crippen molar-refractivity contribution >= 4 is 17.4 Å². The number of nitrogens with zero attached hydrogens (tertiary/aromatic N) is 2. The molecule has 0 radical (unpaired) electrons. The molecule has 0 aliphatic heterocycles. The lowest BCUT2D eigenvalue weighted by Gasteiger charge is -2.09. The third-order valence-electron chi connectivity index (χ3n) is 2.99. The number of methoxy groups -OCH3 is 1. The van der Waals surface area contributed by atoms with Crippen molar-refractivity contribution in [2.24, 2.45) is 0 Å². The number of carbonyl (C=O) groups is 1. The number of nitrogens with one attached hydrogen (secondary N) is 2. The van der Waals surface area contributed by atoms with Crippen LogP contribution in [0.25, 0.3) is 0 Å². The van der Waals surface area contributed by atoms with E-state index in [0.717, 1.165) is 16.8 Å². The molecular weight excluding hydrogens is 280 g/mol. The number of hydrogen-bond acceptors (Lipinski definition) is 5. The van der Waals surface area contributed by atoms with Crippen LogP contribution in [0.2, 0.25) is 0 Å². The minimum Gasteiger partial charge on any atom is -0.383 e. The zero-order valence-corrected chi connectivity index (χ0v) is 13.0. The first-order valence-corrected chi connectivity index (χ1v) is 7.03. The Morgan fingerprint density at radius 1 is 1.14 bits per heavy atom. The molecule has 0 aliphatic carbocycles. The quantitative estimate of drug-likeness (QED) is 0.800. The highest BCUT2D eigenvalue weighted by Crippen LogP contribution is 2.18. The van der Waals surface area contributed by atoms with Crippen molar-refractivity contribution in [1.82, 2.24) is 15.3 Å². The predicted octanol–water partition coefficient (Wildman–Crippen LogP) is 2.21. The second-order valence-electron chi connectivity index (χ2n) is 5.04. The van der Waals surface area contributed by atoms with Crippen LogP contribution in [0.15, 0.2) is 30.6 Å². The van der Waals surface area contributed by atoms with E-state index in [1.165, 1.54) is 6.33 Å². The van der Waals surface area contributed by atoms with Crippen LogP contribution in [0.1, 0.15) is 21.6 Å². The maximum Gasteiger partial charge on any atom is 0.270 e. The summed E-state index contributed by atoms with van der Waals surface area (Å²) in [7, 11) is 1.59. The summed E-state index contributed by atoms with van der Waals surface area (Å²) in [5, 5.41) is 5.92. The largest absolute Gasteiger partial charge is 0.383 e. The van der Waals surface area contributed by atoms with Crippen molar-refractivity contribution in [3.8, 4) is 0 Å². The van der Waals surface area contributed by atoms with Crippen LogP contribution < -0.4 is 10.6 Å². The highest BCUT2D eigenvalue weighted by Gasteiger charge is 2.08. The van der Waals surface area contributed by atoms with Crippen molar-refractivity contribution in [1.29, 1.82) is 0 Å². The Labute approximate surface area is 129 Å². The number of rotatable bonds is 6. The van der Waals surface area contributed by atoms with Crippen molar-refractivity contribution in [3.63, 3.8) is 0 Å². The van der Waals surface area contributed by atoms with Gasteiger partial charge in [0.1, 0.15) is 17.8 Å². The van der Waals surface area contributed by atoms with Crippen LogP contribution >= 0.6 is 0 Å². The summed E-state index contributed by atoms with van der Waals surface area (Å²) in [6.07, 6.45) is 1.37. The maximum atomic E-state index is 11.9. The normalized spacial score (nSPS) is 10.3. The SMILES string of the molecule is COCCNC(=O)c1cc(Nc2cc(C)cc(C)c2)ncn1. The molecule has 1 amide bonds. The van der Waals surface area contributed by atoms with E-state index in [1.807, 2.05) is 26.0 Å². The van der Waals surface area contributed by atoms with Gasteiger partial charge in [-0.2, -0.15) is 0 Å². The number of aromatic nitrogens is 2. The molecule has 0 saturated heterocycles. The van der Waals surface area contributed by atoms with E-state index < -0.39 is 0 Å². The van der Waals surface area contributed by atoms with Gasteiger partial charge >= 0.3 is 0 Å². The number of benzene rings is 1. The number of aryl methyl sites for hydroxylation is 2. The molecule has 0 spiro atoms. The first-order chi connectivity index (χ1) is 10.6. The van der Waals surface area contributed by atoms with Crippen LogP contribution in [0.3, 0.4) is 0 Å². The second-order valence-corrected chi connectivity index (χ2v) is 5.04. The molecular formula is C16H20N4O2. The fourth-order valence-electron chi connectivity index (χ4n) is 2.10. The standard InChI is InChI=1S/C16H20N4O2/c1-11-6-12(2)8-13(7-11)20-15-9-14(18-10-19-15)16(21)17-4-5-22-3/h6-10H,4-5H2,1-3H3,(H,17,21)(H,18,19,20). The Hall–Kier alpha value is -2.47. The van der Waals surface area contributed by atoms with E-state index in [2.05, 4.69) is 26.7 Å². The van der Waals surface area contributed by atoms with Crippen LogP contribution in [0.5, 0.6) is 0 Å². The third kappa shape index (κ3) is 4.53. The number of ether oxygens (including phenoxy) is 1. The molecule has 0 saturated carbocycles. The highest BCUT2D eigenvalue weighted by atomic mass is 16.5. The van der Waals surface area contributed by atoms with Gasteiger partial charge in [-0.05, 0) is 37.1 Å². The first kappa shape index (κ1) is 15.9. The number of hydrogen-bond donors (Lipinski definition) is 2. The molecule has 6 heteroatoms. The summed E-state index contributed by atoms with van der Waals surface area (Å²) in [6.45, 7) is 4.98. The van der Waals surface area contributed by atoms with Gasteiger partial charge in [-0.3, -0.25) is 4.79 Å². The molecule has 0 bridgehead atoms. The van der Waals surface area contributed by atoms with Gasteiger partial charge in [0.15, 0.2) is 0 Å². The molecule has 1 heterocycles. The molecule has 6 nitrogen and oxygen atoms in total. The Morgan fingerprint density at radius 3 is 2.55 bits per heavy atom. The Kier molecular flexibility index (Phi) is 5.43. The van der Waals surface area contributed by atoms with Gasteiger partial charge < -0.3 is 15.4 Å². The van der Waals surface area contributed by atoms with Crippen LogP contribution in [-0.2, 0) is 4.74 Å². The zero-order valence-electron chi connectivity index (χ0n) is 13.0. The fourth-order valence-corrected chi connectivity index (χ4v) is 2.10. The molecule has 2 rings (SSSR count). The van der Waals surface area contributed by atoms with E-state index in [0.29, 0.717) is 24.7 Å². The lowest BCUT2D eigenvalue weighted by molar-refractivity contribution is 0.0932. The van der Waals surface area contributed by atoms with Crippen molar-refractivity contribution in [3.05, 3.63) is 47.4 Å². The summed E-state index contributed by atoms with van der Waals surface area (Å²) >= 11 is 0. The summed E-state index contributed by atoms with van der Waals surface area (Å²) in [5.41, 5.74) is 3.57. The van der Waals surface area contributed by atoms with Gasteiger partial charge in [-0.1, -0.05) is 6.07 Å². The molecule has 0 aliphatic rings. The molecule has 0 fully saturated rings. The summed E-state index contributed by atoms with van der Waals surface area (Å²) < 4.78 is 4.89. The van der Waals surface area contributed by atoms with Crippen LogP contribution in [0.4, 0.5) is 11.5 Å². The van der Waals surface area contributed by atoms with Crippen molar-refractivity contribution < 1.29 is 9.53 Å². The second kappa shape index (κ2) is 7.51. The van der Waals surface area contributed by atoms with Gasteiger partial charge in [0, 0.05) is 25.4 Å². The molecule has 0 unspecified atom stereocenters. The average molecular weight is 300 g/mol. The number of amides is 1. The Morgan fingerprint density at radius 2 is 1.86 bits per heavy atom. The minimum absolute atomic E-state index is 0.247. The summed E-state index contributed by atoms with van der Waals surface area (Å²) in [4.78, 5) is 20.1. The number of anilines is 2. The molecule has 2 N–H and O–H groups in total. The lowest BCUT2D eigenvalue weighted by Crippen LogP contribution is -2.27. The van der Waals surface area contributed by atoms with Gasteiger partial charge in [-0.15, -0.1) is 0 Å². The average Bonchev–Trinajstić information content (AvgIpc) is 2.46. The molecule has 1 aromatic carbocycles. The van der Waals surface area contributed by atoms with E-state index >= 15 is 0 Å². The van der Waals surface area contributed by atoms with Gasteiger partial charge in [0.2, 0.25) is 0 Å². The topological polar surface area (TPSA) is 76.1 Å². The van der Waals surface area contributed by atoms with Gasteiger partial charge in [0.25, 0.3) is 5.91 Å².